The number of Topliss-reactive ketones (excluding diaryl/α,β-unsaturated/α-hetero) is 1. The molecular weight excluding hydrogens is 620 g/mol. The zero-order valence-corrected chi connectivity index (χ0v) is 26.4. The molecular formula is C36H30N2O8S. The Morgan fingerprint density at radius 2 is 1.74 bits per heavy atom. The van der Waals surface area contributed by atoms with E-state index in [-0.39, 0.29) is 11.3 Å². The highest BCUT2D eigenvalue weighted by Crippen LogP contribution is 2.47. The summed E-state index contributed by atoms with van der Waals surface area (Å²) in [5, 5.41) is 12.0. The molecule has 1 atom stereocenters. The van der Waals surface area contributed by atoms with Gasteiger partial charge in [0.1, 0.15) is 31.3 Å². The van der Waals surface area contributed by atoms with Gasteiger partial charge in [-0.25, -0.2) is 4.98 Å². The number of thiazole rings is 1. The molecule has 2 aliphatic heterocycles. The smallest absolute Gasteiger partial charge is 0.301 e. The Bertz CT molecular complexity index is 2020. The number of benzene rings is 4. The first-order valence-electron chi connectivity index (χ1n) is 15.0. The lowest BCUT2D eigenvalue weighted by Gasteiger charge is -2.24. The van der Waals surface area contributed by atoms with Crippen molar-refractivity contribution in [2.75, 3.05) is 31.8 Å². The van der Waals surface area contributed by atoms with E-state index < -0.39 is 17.7 Å². The van der Waals surface area contributed by atoms with Gasteiger partial charge < -0.3 is 28.8 Å². The van der Waals surface area contributed by atoms with Crippen LogP contribution in [0.4, 0.5) is 5.13 Å². The van der Waals surface area contributed by atoms with Crippen molar-refractivity contribution in [3.63, 3.8) is 0 Å². The summed E-state index contributed by atoms with van der Waals surface area (Å²) in [5.74, 6) is 0.515. The zero-order chi connectivity index (χ0) is 32.5. The van der Waals surface area contributed by atoms with Crippen molar-refractivity contribution in [1.29, 1.82) is 0 Å². The maximum Gasteiger partial charge on any atom is 0.301 e. The first kappa shape index (κ1) is 30.1. The molecule has 5 aromatic rings. The standard InChI is InChI=1S/C36H30N2O8S/c1-3-43-28-17-22(9-13-27(28)46-20-21-7-5-4-6-8-21)32-31(33(39)23-10-14-26-29(18-23)45-16-15-44-26)34(40)35(41)38(32)36-37-25-12-11-24(42-2)19-30(25)47-36/h4-14,17-19,32,39H,3,15-16,20H2,1-2H3. The van der Waals surface area contributed by atoms with Crippen molar-refractivity contribution in [3.8, 4) is 28.7 Å². The fourth-order valence-corrected chi connectivity index (χ4v) is 6.65. The predicted molar refractivity (Wildman–Crippen MR) is 177 cm³/mol. The van der Waals surface area contributed by atoms with Crippen molar-refractivity contribution >= 4 is 44.1 Å². The zero-order valence-electron chi connectivity index (χ0n) is 25.6. The molecule has 238 valence electrons. The second-order valence-corrected chi connectivity index (χ2v) is 11.8. The van der Waals surface area contributed by atoms with E-state index in [0.717, 1.165) is 10.3 Å². The number of rotatable bonds is 9. The molecule has 0 radical (unpaired) electrons. The number of ketones is 1. The number of carbonyl (C=O) groups is 2. The SMILES string of the molecule is CCOc1cc(C2C(=C(O)c3ccc4c(c3)OCCO4)C(=O)C(=O)N2c2nc3ccc(OC)cc3s2)ccc1OCc1ccccc1. The van der Waals surface area contributed by atoms with Crippen LogP contribution in [0.1, 0.15) is 29.7 Å². The number of hydrogen-bond donors (Lipinski definition) is 1. The molecule has 1 N–H and O–H groups in total. The van der Waals surface area contributed by atoms with E-state index in [2.05, 4.69) is 0 Å². The predicted octanol–water partition coefficient (Wildman–Crippen LogP) is 6.68. The Labute approximate surface area is 274 Å². The topological polar surface area (TPSA) is 117 Å². The lowest BCUT2D eigenvalue weighted by molar-refractivity contribution is -0.132. The van der Waals surface area contributed by atoms with Gasteiger partial charge >= 0.3 is 5.91 Å². The molecule has 4 aromatic carbocycles. The third-order valence-corrected chi connectivity index (χ3v) is 8.89. The van der Waals surface area contributed by atoms with Gasteiger partial charge in [0.05, 0.1) is 35.5 Å². The van der Waals surface area contributed by atoms with Crippen molar-refractivity contribution in [3.05, 3.63) is 107 Å². The minimum atomic E-state index is -1.03. The summed E-state index contributed by atoms with van der Waals surface area (Å²) in [5.41, 5.74) is 2.36. The number of methoxy groups -OCH3 is 1. The second-order valence-electron chi connectivity index (χ2n) is 10.8. The normalized spacial score (nSPS) is 16.8. The second kappa shape index (κ2) is 12.7. The van der Waals surface area contributed by atoms with Crippen LogP contribution in [-0.4, -0.2) is 48.7 Å². The van der Waals surface area contributed by atoms with Gasteiger partial charge in [0.25, 0.3) is 5.78 Å². The number of amides is 1. The lowest BCUT2D eigenvalue weighted by Crippen LogP contribution is -2.29. The number of aliphatic hydroxyl groups excluding tert-OH is 1. The van der Waals surface area contributed by atoms with Crippen LogP contribution >= 0.6 is 11.3 Å². The highest BCUT2D eigenvalue weighted by molar-refractivity contribution is 7.22. The van der Waals surface area contributed by atoms with Gasteiger partial charge in [0.2, 0.25) is 0 Å². The van der Waals surface area contributed by atoms with Crippen LogP contribution in [0, 0.1) is 0 Å². The Morgan fingerprint density at radius 3 is 2.53 bits per heavy atom. The van der Waals surface area contributed by atoms with Crippen LogP contribution in [-0.2, 0) is 16.2 Å². The fraction of sp³-hybridized carbons (Fsp3) is 0.194. The number of ether oxygens (including phenoxy) is 5. The number of nitrogens with zero attached hydrogens (tertiary/aromatic N) is 2. The minimum absolute atomic E-state index is 0.0936. The van der Waals surface area contributed by atoms with Crippen LogP contribution in [0.5, 0.6) is 28.7 Å². The lowest BCUT2D eigenvalue weighted by atomic mass is 9.95. The molecule has 11 heteroatoms. The summed E-state index contributed by atoms with van der Waals surface area (Å²) in [6, 6.07) is 24.3. The molecule has 1 unspecified atom stereocenters. The maximum absolute atomic E-state index is 13.9. The minimum Gasteiger partial charge on any atom is -0.507 e. The molecule has 1 saturated heterocycles. The Balaban J connectivity index is 1.36. The summed E-state index contributed by atoms with van der Waals surface area (Å²) in [4.78, 5) is 33.8. The van der Waals surface area contributed by atoms with Crippen molar-refractivity contribution in [2.24, 2.45) is 0 Å². The molecule has 7 rings (SSSR count). The van der Waals surface area contributed by atoms with E-state index >= 15 is 0 Å². The van der Waals surface area contributed by atoms with Crippen LogP contribution in [0.25, 0.3) is 16.0 Å². The molecule has 10 nitrogen and oxygen atoms in total. The molecule has 1 fully saturated rings. The highest BCUT2D eigenvalue weighted by atomic mass is 32.1. The van der Waals surface area contributed by atoms with Gasteiger partial charge in [-0.15, -0.1) is 0 Å². The number of aliphatic hydroxyl groups is 1. The number of aromatic nitrogens is 1. The first-order chi connectivity index (χ1) is 22.9. The highest BCUT2D eigenvalue weighted by Gasteiger charge is 2.48. The van der Waals surface area contributed by atoms with E-state index in [1.54, 1.807) is 55.6 Å². The summed E-state index contributed by atoms with van der Waals surface area (Å²) >= 11 is 1.24. The Kier molecular flexibility index (Phi) is 8.13. The van der Waals surface area contributed by atoms with Crippen LogP contribution in [0.2, 0.25) is 0 Å². The van der Waals surface area contributed by atoms with Gasteiger partial charge in [0.15, 0.2) is 28.1 Å². The molecule has 0 bridgehead atoms. The summed E-state index contributed by atoms with van der Waals surface area (Å²) in [7, 11) is 1.57. The van der Waals surface area contributed by atoms with E-state index in [0.29, 0.717) is 77.0 Å². The van der Waals surface area contributed by atoms with Crippen LogP contribution in [0.3, 0.4) is 0 Å². The van der Waals surface area contributed by atoms with E-state index in [1.807, 2.05) is 43.3 Å². The van der Waals surface area contributed by atoms with E-state index in [4.69, 9.17) is 28.7 Å². The Hall–Kier alpha value is -5.55. The molecule has 1 aromatic heterocycles. The van der Waals surface area contributed by atoms with E-state index in [9.17, 15) is 14.7 Å². The molecule has 1 amide bonds. The monoisotopic (exact) mass is 650 g/mol. The van der Waals surface area contributed by atoms with Gasteiger partial charge in [0, 0.05) is 5.56 Å². The van der Waals surface area contributed by atoms with E-state index in [1.165, 1.54) is 16.2 Å². The maximum atomic E-state index is 13.9. The van der Waals surface area contributed by atoms with Gasteiger partial charge in [-0.2, -0.15) is 0 Å². The summed E-state index contributed by atoms with van der Waals surface area (Å²) in [6.45, 7) is 3.28. The number of hydrogen-bond acceptors (Lipinski definition) is 10. The van der Waals surface area contributed by atoms with Gasteiger partial charge in [-0.05, 0) is 66.6 Å². The molecule has 0 saturated carbocycles. The van der Waals surface area contributed by atoms with Crippen molar-refractivity contribution in [2.45, 2.75) is 19.6 Å². The van der Waals surface area contributed by atoms with Gasteiger partial charge in [-0.3, -0.25) is 14.5 Å². The Morgan fingerprint density at radius 1 is 0.936 bits per heavy atom. The number of carbonyl (C=O) groups excluding carboxylic acids is 2. The first-order valence-corrected chi connectivity index (χ1v) is 15.9. The number of anilines is 1. The molecule has 0 spiro atoms. The fourth-order valence-electron chi connectivity index (χ4n) is 5.63. The third-order valence-electron chi connectivity index (χ3n) is 7.87. The number of fused-ring (bicyclic) bond motifs is 2. The summed E-state index contributed by atoms with van der Waals surface area (Å²) < 4.78 is 29.6. The van der Waals surface area contributed by atoms with Crippen molar-refractivity contribution < 1.29 is 38.4 Å². The summed E-state index contributed by atoms with van der Waals surface area (Å²) in [6.07, 6.45) is 0. The molecule has 2 aliphatic rings. The van der Waals surface area contributed by atoms with Crippen LogP contribution < -0.4 is 28.6 Å². The van der Waals surface area contributed by atoms with Crippen molar-refractivity contribution in [1.82, 2.24) is 4.98 Å². The van der Waals surface area contributed by atoms with Crippen LogP contribution in [0.15, 0.2) is 90.5 Å². The largest absolute Gasteiger partial charge is 0.507 e. The molecule has 0 aliphatic carbocycles. The van der Waals surface area contributed by atoms with Gasteiger partial charge in [-0.1, -0.05) is 47.7 Å². The average molecular weight is 651 g/mol. The molecule has 3 heterocycles. The quantitative estimate of drug-likeness (QED) is 0.106. The molecule has 47 heavy (non-hydrogen) atoms. The third kappa shape index (κ3) is 5.70. The average Bonchev–Trinajstić information content (AvgIpc) is 3.64.